The fourth-order valence-electron chi connectivity index (χ4n) is 2.68. The zero-order valence-electron chi connectivity index (χ0n) is 16.9. The average molecular weight is 436 g/mol. The highest BCUT2D eigenvalue weighted by atomic mass is 32.1. The van der Waals surface area contributed by atoms with E-state index in [4.69, 9.17) is 9.47 Å². The lowest BCUT2D eigenvalue weighted by atomic mass is 10.2. The van der Waals surface area contributed by atoms with Gasteiger partial charge in [-0.25, -0.2) is 9.59 Å². The number of benzene rings is 2. The van der Waals surface area contributed by atoms with E-state index in [-0.39, 0.29) is 11.5 Å². The molecule has 6 nitrogen and oxygen atoms in total. The summed E-state index contributed by atoms with van der Waals surface area (Å²) in [5.74, 6) is -1.71. The van der Waals surface area contributed by atoms with Gasteiger partial charge in [-0.2, -0.15) is 0 Å². The van der Waals surface area contributed by atoms with Crippen LogP contribution in [0, 0.1) is 0 Å². The number of carbonyl (C=O) groups is 3. The van der Waals surface area contributed by atoms with Crippen molar-refractivity contribution in [3.05, 3.63) is 83.2 Å². The van der Waals surface area contributed by atoms with Gasteiger partial charge in [-0.1, -0.05) is 60.7 Å². The summed E-state index contributed by atoms with van der Waals surface area (Å²) in [4.78, 5) is 37.6. The van der Waals surface area contributed by atoms with Gasteiger partial charge in [0.15, 0.2) is 6.61 Å². The molecular formula is C24H21NO5S. The molecule has 0 aliphatic rings. The average Bonchev–Trinajstić information content (AvgIpc) is 3.21. The van der Waals surface area contributed by atoms with Crippen molar-refractivity contribution in [2.24, 2.45) is 0 Å². The van der Waals surface area contributed by atoms with Gasteiger partial charge in [0.05, 0.1) is 12.3 Å². The summed E-state index contributed by atoms with van der Waals surface area (Å²) in [5, 5.41) is 2.64. The highest BCUT2D eigenvalue weighted by Crippen LogP contribution is 2.35. The van der Waals surface area contributed by atoms with Gasteiger partial charge in [0, 0.05) is 11.0 Å². The molecule has 1 aromatic heterocycles. The summed E-state index contributed by atoms with van der Waals surface area (Å²) in [7, 11) is 0. The molecule has 1 N–H and O–H groups in total. The van der Waals surface area contributed by atoms with Crippen LogP contribution in [-0.4, -0.2) is 31.1 Å². The fraction of sp³-hybridized carbons (Fsp3) is 0.125. The first-order valence-electron chi connectivity index (χ1n) is 9.63. The van der Waals surface area contributed by atoms with E-state index in [0.717, 1.165) is 16.0 Å². The van der Waals surface area contributed by atoms with Gasteiger partial charge in [0.25, 0.3) is 5.91 Å². The Morgan fingerprint density at radius 1 is 0.968 bits per heavy atom. The first-order valence-corrected chi connectivity index (χ1v) is 10.4. The molecule has 0 radical (unpaired) electrons. The molecule has 158 valence electrons. The second-order valence-electron chi connectivity index (χ2n) is 6.34. The van der Waals surface area contributed by atoms with Crippen molar-refractivity contribution in [1.29, 1.82) is 0 Å². The SMILES string of the molecule is CCOC(=O)c1sc(-c2ccccc2)cc1NC(=O)COC(=O)/C=C/c1ccccc1. The van der Waals surface area contributed by atoms with Gasteiger partial charge in [-0.3, -0.25) is 4.79 Å². The minimum absolute atomic E-state index is 0.218. The zero-order valence-corrected chi connectivity index (χ0v) is 17.7. The predicted octanol–water partition coefficient (Wildman–Crippen LogP) is 4.79. The third kappa shape index (κ3) is 6.38. The van der Waals surface area contributed by atoms with Crippen molar-refractivity contribution in [2.75, 3.05) is 18.5 Å². The summed E-state index contributed by atoms with van der Waals surface area (Å²) in [6.07, 6.45) is 2.86. The number of hydrogen-bond donors (Lipinski definition) is 1. The summed E-state index contributed by atoms with van der Waals surface area (Å²) in [5.41, 5.74) is 2.08. The highest BCUT2D eigenvalue weighted by Gasteiger charge is 2.20. The van der Waals surface area contributed by atoms with Crippen molar-refractivity contribution >= 4 is 40.9 Å². The van der Waals surface area contributed by atoms with Gasteiger partial charge in [-0.15, -0.1) is 11.3 Å². The molecule has 0 unspecified atom stereocenters. The van der Waals surface area contributed by atoms with Crippen LogP contribution in [0.1, 0.15) is 22.2 Å². The van der Waals surface area contributed by atoms with E-state index in [1.807, 2.05) is 60.7 Å². The van der Waals surface area contributed by atoms with Gasteiger partial charge in [0.2, 0.25) is 0 Å². The van der Waals surface area contributed by atoms with Crippen molar-refractivity contribution in [3.63, 3.8) is 0 Å². The number of amides is 1. The van der Waals surface area contributed by atoms with Crippen molar-refractivity contribution in [3.8, 4) is 10.4 Å². The lowest BCUT2D eigenvalue weighted by Crippen LogP contribution is -2.21. The maximum atomic E-state index is 12.3. The Hall–Kier alpha value is -3.71. The lowest BCUT2D eigenvalue weighted by molar-refractivity contribution is -0.142. The van der Waals surface area contributed by atoms with E-state index in [2.05, 4.69) is 5.32 Å². The molecular weight excluding hydrogens is 414 g/mol. The Labute approximate surface area is 184 Å². The maximum absolute atomic E-state index is 12.3. The normalized spacial score (nSPS) is 10.6. The molecule has 0 saturated carbocycles. The Balaban J connectivity index is 1.65. The highest BCUT2D eigenvalue weighted by molar-refractivity contribution is 7.18. The van der Waals surface area contributed by atoms with Crippen molar-refractivity contribution < 1.29 is 23.9 Å². The quantitative estimate of drug-likeness (QED) is 0.407. The van der Waals surface area contributed by atoms with Gasteiger partial charge in [-0.05, 0) is 30.2 Å². The molecule has 7 heteroatoms. The topological polar surface area (TPSA) is 81.7 Å². The maximum Gasteiger partial charge on any atom is 0.350 e. The van der Waals surface area contributed by atoms with Crippen LogP contribution >= 0.6 is 11.3 Å². The second kappa shape index (κ2) is 10.9. The van der Waals surface area contributed by atoms with Crippen LogP contribution in [0.25, 0.3) is 16.5 Å². The number of anilines is 1. The standard InChI is InChI=1S/C24H21NO5S/c1-2-29-24(28)23-19(15-20(31-23)18-11-7-4-8-12-18)25-21(26)16-30-22(27)14-13-17-9-5-3-6-10-17/h3-15H,2,16H2,1H3,(H,25,26)/b14-13+. The molecule has 0 atom stereocenters. The molecule has 3 aromatic rings. The molecule has 1 heterocycles. The number of esters is 2. The minimum Gasteiger partial charge on any atom is -0.462 e. The zero-order chi connectivity index (χ0) is 22.1. The molecule has 0 fully saturated rings. The molecule has 2 aromatic carbocycles. The molecule has 0 aliphatic heterocycles. The van der Waals surface area contributed by atoms with Crippen LogP contribution in [0.3, 0.4) is 0 Å². The van der Waals surface area contributed by atoms with E-state index in [0.29, 0.717) is 5.69 Å². The second-order valence-corrected chi connectivity index (χ2v) is 7.39. The monoisotopic (exact) mass is 435 g/mol. The van der Waals surface area contributed by atoms with Crippen LogP contribution < -0.4 is 5.32 Å². The van der Waals surface area contributed by atoms with Gasteiger partial charge >= 0.3 is 11.9 Å². The number of ether oxygens (including phenoxy) is 2. The van der Waals surface area contributed by atoms with E-state index in [1.165, 1.54) is 17.4 Å². The lowest BCUT2D eigenvalue weighted by Gasteiger charge is -2.06. The van der Waals surface area contributed by atoms with E-state index in [9.17, 15) is 14.4 Å². The van der Waals surface area contributed by atoms with E-state index < -0.39 is 24.5 Å². The number of rotatable bonds is 8. The fourth-order valence-corrected chi connectivity index (χ4v) is 3.69. The first kappa shape index (κ1) is 22.0. The Bertz CT molecular complexity index is 1070. The predicted molar refractivity (Wildman–Crippen MR) is 121 cm³/mol. The molecule has 0 bridgehead atoms. The van der Waals surface area contributed by atoms with Crippen molar-refractivity contribution in [1.82, 2.24) is 0 Å². The van der Waals surface area contributed by atoms with Crippen LogP contribution in [0.4, 0.5) is 5.69 Å². The third-order valence-electron chi connectivity index (χ3n) is 4.08. The first-order chi connectivity index (χ1) is 15.1. The molecule has 3 rings (SSSR count). The van der Waals surface area contributed by atoms with Crippen LogP contribution in [0.5, 0.6) is 0 Å². The van der Waals surface area contributed by atoms with Crippen molar-refractivity contribution in [2.45, 2.75) is 6.92 Å². The number of hydrogen-bond acceptors (Lipinski definition) is 6. The largest absolute Gasteiger partial charge is 0.462 e. The summed E-state index contributed by atoms with van der Waals surface area (Å²) < 4.78 is 10.1. The summed E-state index contributed by atoms with van der Waals surface area (Å²) in [6, 6.07) is 20.5. The Morgan fingerprint density at radius 2 is 1.65 bits per heavy atom. The molecule has 0 saturated heterocycles. The molecule has 0 aliphatic carbocycles. The minimum atomic E-state index is -0.639. The molecule has 31 heavy (non-hydrogen) atoms. The third-order valence-corrected chi connectivity index (χ3v) is 5.25. The Kier molecular flexibility index (Phi) is 7.73. The van der Waals surface area contributed by atoms with E-state index >= 15 is 0 Å². The van der Waals surface area contributed by atoms with Gasteiger partial charge in [0.1, 0.15) is 4.88 Å². The van der Waals surface area contributed by atoms with Crippen LogP contribution in [0.2, 0.25) is 0 Å². The molecule has 0 spiro atoms. The molecule has 1 amide bonds. The van der Waals surface area contributed by atoms with Gasteiger partial charge < -0.3 is 14.8 Å². The summed E-state index contributed by atoms with van der Waals surface area (Å²) in [6.45, 7) is 1.46. The van der Waals surface area contributed by atoms with Crippen LogP contribution in [0.15, 0.2) is 72.8 Å². The number of thiophene rings is 1. The number of nitrogens with one attached hydrogen (secondary N) is 1. The van der Waals surface area contributed by atoms with Crippen LogP contribution in [-0.2, 0) is 19.1 Å². The van der Waals surface area contributed by atoms with E-state index in [1.54, 1.807) is 19.1 Å². The Morgan fingerprint density at radius 3 is 2.32 bits per heavy atom. The number of carbonyl (C=O) groups excluding carboxylic acids is 3. The summed E-state index contributed by atoms with van der Waals surface area (Å²) >= 11 is 1.22. The smallest absolute Gasteiger partial charge is 0.350 e.